The highest BCUT2D eigenvalue weighted by Crippen LogP contribution is 2.31. The number of aliphatic imine (C=N–C) groups is 1. The number of hydrogen-bond acceptors (Lipinski definition) is 2. The molecule has 1 fully saturated rings. The number of nitrogens with zero attached hydrogens (tertiary/aromatic N) is 1. The topological polar surface area (TPSA) is 53.5 Å². The van der Waals surface area contributed by atoms with Gasteiger partial charge in [0.1, 0.15) is 0 Å². The average molecular weight is 344 g/mol. The lowest BCUT2D eigenvalue weighted by Crippen LogP contribution is -2.47. The van der Waals surface area contributed by atoms with Gasteiger partial charge < -0.3 is 10.6 Å². The van der Waals surface area contributed by atoms with Crippen molar-refractivity contribution < 1.29 is 4.21 Å². The summed E-state index contributed by atoms with van der Waals surface area (Å²) in [5.74, 6) is 2.96. The van der Waals surface area contributed by atoms with Crippen molar-refractivity contribution in [2.75, 3.05) is 19.3 Å². The molecule has 3 atom stereocenters. The molecule has 1 aliphatic carbocycles. The maximum Gasteiger partial charge on any atom is 0.191 e. The summed E-state index contributed by atoms with van der Waals surface area (Å²) in [6.07, 6.45) is 6.90. The lowest BCUT2D eigenvalue weighted by atomic mass is 9.78. The molecular formula is C18H37N3OS. The molecule has 1 saturated carbocycles. The van der Waals surface area contributed by atoms with E-state index in [9.17, 15) is 4.21 Å². The van der Waals surface area contributed by atoms with Crippen LogP contribution in [0.2, 0.25) is 0 Å². The summed E-state index contributed by atoms with van der Waals surface area (Å²) < 4.78 is 11.9. The second-order valence-corrected chi connectivity index (χ2v) is 10.2. The lowest BCUT2D eigenvalue weighted by molar-refractivity contribution is 0.229. The van der Waals surface area contributed by atoms with Crippen LogP contribution in [0.1, 0.15) is 66.7 Å². The van der Waals surface area contributed by atoms with Crippen LogP contribution in [0, 0.1) is 11.8 Å². The fraction of sp³-hybridized carbons (Fsp3) is 0.944. The van der Waals surface area contributed by atoms with Gasteiger partial charge in [0, 0.05) is 40.9 Å². The standard InChI is InChI=1S/C18H37N3OS/c1-14(16-10-8-7-9-11-16)15(2)21-17(19-6)20-12-13-23(22)18(3,4)5/h14-16H,7-13H2,1-6H3,(H2,19,20,21). The second kappa shape index (κ2) is 9.65. The smallest absolute Gasteiger partial charge is 0.191 e. The largest absolute Gasteiger partial charge is 0.355 e. The zero-order valence-electron chi connectivity index (χ0n) is 15.9. The Morgan fingerprint density at radius 2 is 1.83 bits per heavy atom. The van der Waals surface area contributed by atoms with Gasteiger partial charge in [0.2, 0.25) is 0 Å². The third kappa shape index (κ3) is 7.23. The molecule has 0 aliphatic heterocycles. The summed E-state index contributed by atoms with van der Waals surface area (Å²) in [4.78, 5) is 4.31. The SMILES string of the molecule is CN=C(NCCS(=O)C(C)(C)C)NC(C)C(C)C1CCCCC1. The summed E-state index contributed by atoms with van der Waals surface area (Å²) in [5.41, 5.74) is 0. The van der Waals surface area contributed by atoms with Gasteiger partial charge in [-0.15, -0.1) is 0 Å². The fourth-order valence-corrected chi connectivity index (χ4v) is 4.08. The van der Waals surface area contributed by atoms with Gasteiger partial charge in [-0.3, -0.25) is 9.20 Å². The van der Waals surface area contributed by atoms with Crippen molar-refractivity contribution in [2.24, 2.45) is 16.8 Å². The first-order valence-electron chi connectivity index (χ1n) is 9.11. The van der Waals surface area contributed by atoms with Crippen LogP contribution < -0.4 is 10.6 Å². The van der Waals surface area contributed by atoms with Crippen LogP contribution in [0.15, 0.2) is 4.99 Å². The first kappa shape index (κ1) is 20.5. The van der Waals surface area contributed by atoms with E-state index in [-0.39, 0.29) is 4.75 Å². The van der Waals surface area contributed by atoms with Gasteiger partial charge in [0.15, 0.2) is 5.96 Å². The van der Waals surface area contributed by atoms with E-state index in [1.807, 2.05) is 20.8 Å². The highest BCUT2D eigenvalue weighted by atomic mass is 32.2. The van der Waals surface area contributed by atoms with Gasteiger partial charge in [-0.2, -0.15) is 0 Å². The molecule has 23 heavy (non-hydrogen) atoms. The number of guanidine groups is 1. The van der Waals surface area contributed by atoms with Crippen molar-refractivity contribution in [3.63, 3.8) is 0 Å². The molecule has 0 saturated heterocycles. The minimum absolute atomic E-state index is 0.151. The number of hydrogen-bond donors (Lipinski definition) is 2. The Balaban J connectivity index is 2.38. The number of rotatable bonds is 6. The first-order chi connectivity index (χ1) is 10.8. The molecule has 2 N–H and O–H groups in total. The molecule has 1 aliphatic rings. The highest BCUT2D eigenvalue weighted by Gasteiger charge is 2.25. The Morgan fingerprint density at radius 3 is 2.35 bits per heavy atom. The third-order valence-electron chi connectivity index (χ3n) is 5.03. The molecule has 0 aromatic carbocycles. The molecule has 3 unspecified atom stereocenters. The van der Waals surface area contributed by atoms with Crippen molar-refractivity contribution in [1.29, 1.82) is 0 Å². The molecule has 0 bridgehead atoms. The van der Waals surface area contributed by atoms with Crippen LogP contribution >= 0.6 is 0 Å². The molecule has 0 amide bonds. The molecule has 4 nitrogen and oxygen atoms in total. The quantitative estimate of drug-likeness (QED) is 0.575. The highest BCUT2D eigenvalue weighted by molar-refractivity contribution is 7.86. The third-order valence-corrected chi connectivity index (χ3v) is 6.97. The van der Waals surface area contributed by atoms with Gasteiger partial charge in [0.25, 0.3) is 0 Å². The summed E-state index contributed by atoms with van der Waals surface area (Å²) in [6, 6.07) is 0.400. The van der Waals surface area contributed by atoms with Crippen molar-refractivity contribution in [1.82, 2.24) is 10.6 Å². The fourth-order valence-electron chi connectivity index (χ4n) is 3.18. The molecule has 0 radical (unpaired) electrons. The predicted molar refractivity (Wildman–Crippen MR) is 102 cm³/mol. The van der Waals surface area contributed by atoms with Gasteiger partial charge in [0.05, 0.1) is 0 Å². The van der Waals surface area contributed by atoms with Gasteiger partial charge in [-0.05, 0) is 39.5 Å². The maximum absolute atomic E-state index is 12.1. The Hall–Kier alpha value is -0.580. The average Bonchev–Trinajstić information content (AvgIpc) is 2.52. The second-order valence-electron chi connectivity index (χ2n) is 7.85. The predicted octanol–water partition coefficient (Wildman–Crippen LogP) is 3.30. The van der Waals surface area contributed by atoms with Crippen molar-refractivity contribution in [2.45, 2.75) is 77.5 Å². The van der Waals surface area contributed by atoms with Crippen molar-refractivity contribution >= 4 is 16.8 Å². The zero-order valence-corrected chi connectivity index (χ0v) is 16.8. The molecular weight excluding hydrogens is 306 g/mol. The van der Waals surface area contributed by atoms with Gasteiger partial charge >= 0.3 is 0 Å². The van der Waals surface area contributed by atoms with E-state index in [0.717, 1.165) is 11.9 Å². The van der Waals surface area contributed by atoms with E-state index in [2.05, 4.69) is 29.5 Å². The Kier molecular flexibility index (Phi) is 8.59. The van der Waals surface area contributed by atoms with Crippen LogP contribution in [-0.4, -0.2) is 40.3 Å². The van der Waals surface area contributed by atoms with Crippen molar-refractivity contribution in [3.8, 4) is 0 Å². The summed E-state index contributed by atoms with van der Waals surface area (Å²) in [7, 11) is 0.973. The van der Waals surface area contributed by atoms with Crippen LogP contribution in [0.4, 0.5) is 0 Å². The molecule has 136 valence electrons. The molecule has 5 heteroatoms. The maximum atomic E-state index is 12.1. The Morgan fingerprint density at radius 1 is 1.22 bits per heavy atom. The summed E-state index contributed by atoms with van der Waals surface area (Å²) in [6.45, 7) is 11.3. The van der Waals surface area contributed by atoms with Crippen LogP contribution in [0.25, 0.3) is 0 Å². The van der Waals surface area contributed by atoms with Crippen molar-refractivity contribution in [3.05, 3.63) is 0 Å². The van der Waals surface area contributed by atoms with E-state index in [1.54, 1.807) is 7.05 Å². The van der Waals surface area contributed by atoms with Crippen LogP contribution in [-0.2, 0) is 10.8 Å². The Bertz CT molecular complexity index is 398. The molecule has 0 heterocycles. The van der Waals surface area contributed by atoms with E-state index in [1.165, 1.54) is 32.1 Å². The van der Waals surface area contributed by atoms with Crippen LogP contribution in [0.5, 0.6) is 0 Å². The van der Waals surface area contributed by atoms with E-state index >= 15 is 0 Å². The van der Waals surface area contributed by atoms with E-state index in [4.69, 9.17) is 0 Å². The molecule has 1 rings (SSSR count). The zero-order chi connectivity index (χ0) is 17.5. The Labute approximate surface area is 145 Å². The number of nitrogens with one attached hydrogen (secondary N) is 2. The normalized spacial score (nSPS) is 21.6. The van der Waals surface area contributed by atoms with Gasteiger partial charge in [-0.25, -0.2) is 0 Å². The molecule has 0 aromatic rings. The minimum Gasteiger partial charge on any atom is -0.355 e. The minimum atomic E-state index is -0.826. The van der Waals surface area contributed by atoms with Crippen LogP contribution in [0.3, 0.4) is 0 Å². The first-order valence-corrected chi connectivity index (χ1v) is 10.4. The lowest BCUT2D eigenvalue weighted by Gasteiger charge is -2.33. The van der Waals surface area contributed by atoms with Gasteiger partial charge in [-0.1, -0.05) is 39.0 Å². The summed E-state index contributed by atoms with van der Waals surface area (Å²) >= 11 is 0. The van der Waals surface area contributed by atoms with E-state index in [0.29, 0.717) is 24.3 Å². The molecule has 0 spiro atoms. The molecule has 0 aromatic heterocycles. The van der Waals surface area contributed by atoms with E-state index < -0.39 is 10.8 Å². The summed E-state index contributed by atoms with van der Waals surface area (Å²) in [5, 5.41) is 6.82. The monoisotopic (exact) mass is 343 g/mol.